The van der Waals surface area contributed by atoms with Crippen molar-refractivity contribution in [1.29, 1.82) is 0 Å². The maximum absolute atomic E-state index is 11.1. The van der Waals surface area contributed by atoms with Crippen molar-refractivity contribution in [2.75, 3.05) is 5.32 Å². The van der Waals surface area contributed by atoms with E-state index < -0.39 is 0 Å². The maximum atomic E-state index is 11.1. The van der Waals surface area contributed by atoms with E-state index >= 15 is 0 Å². The molecule has 3 aromatic rings. The lowest BCUT2D eigenvalue weighted by Crippen LogP contribution is -3.00. The maximum Gasteiger partial charge on any atom is 0.323 e. The molecule has 3 rings (SSSR count). The molecular weight excluding hydrogens is 299 g/mol. The van der Waals surface area contributed by atoms with Crippen molar-refractivity contribution in [1.82, 2.24) is 15.0 Å². The summed E-state index contributed by atoms with van der Waals surface area (Å²) in [6.07, 6.45) is 1.77. The van der Waals surface area contributed by atoms with Crippen molar-refractivity contribution in [3.05, 3.63) is 58.8 Å². The van der Waals surface area contributed by atoms with E-state index in [1.54, 1.807) is 6.20 Å². The van der Waals surface area contributed by atoms with Gasteiger partial charge in [0.05, 0.1) is 23.3 Å². The molecule has 2 aromatic heterocycles. The number of halogens is 2. The summed E-state index contributed by atoms with van der Waals surface area (Å²) >= 11 is 0. The smallest absolute Gasteiger partial charge is 0.323 e. The fourth-order valence-electron chi connectivity index (χ4n) is 1.84. The van der Waals surface area contributed by atoms with Crippen LogP contribution in [0.4, 0.5) is 5.69 Å². The Balaban J connectivity index is 0.000001000. The molecule has 2 heterocycles. The van der Waals surface area contributed by atoms with Gasteiger partial charge in [-0.05, 0) is 30.3 Å². The first-order chi connectivity index (χ1) is 8.81. The number of hydrogen-bond donors (Lipinski definition) is 3. The third kappa shape index (κ3) is 3.53. The van der Waals surface area contributed by atoms with Gasteiger partial charge in [0, 0.05) is 11.9 Å². The zero-order valence-corrected chi connectivity index (χ0v) is 11.9. The van der Waals surface area contributed by atoms with Crippen LogP contribution in [0, 0.1) is 0 Å². The lowest BCUT2D eigenvalue weighted by Gasteiger charge is -2.05. The number of anilines is 1. The molecule has 3 N–H and O–H groups in total. The van der Waals surface area contributed by atoms with Crippen LogP contribution in [0.25, 0.3) is 11.0 Å². The van der Waals surface area contributed by atoms with Crippen molar-refractivity contribution in [3.8, 4) is 0 Å². The largest absolute Gasteiger partial charge is 1.00 e. The Kier molecular flexibility index (Phi) is 5.61. The van der Waals surface area contributed by atoms with E-state index in [1.807, 2.05) is 36.4 Å². The lowest BCUT2D eigenvalue weighted by atomic mass is 10.2. The summed E-state index contributed by atoms with van der Waals surface area (Å²) in [5.74, 6) is 0. The lowest BCUT2D eigenvalue weighted by molar-refractivity contribution is -0.00100. The second-order valence-corrected chi connectivity index (χ2v) is 4.01. The Hall–Kier alpha value is -1.98. The molecule has 0 aliphatic rings. The van der Waals surface area contributed by atoms with E-state index in [-0.39, 0.29) is 30.5 Å². The number of H-pyrrole nitrogens is 2. The molecule has 0 fully saturated rings. The molecule has 0 saturated carbocycles. The Morgan fingerprint density at radius 3 is 2.60 bits per heavy atom. The van der Waals surface area contributed by atoms with E-state index in [0.717, 1.165) is 22.4 Å². The molecule has 0 aliphatic carbocycles. The van der Waals surface area contributed by atoms with Gasteiger partial charge in [-0.1, -0.05) is 6.07 Å². The topological polar surface area (TPSA) is 73.6 Å². The number of aromatic nitrogens is 3. The summed E-state index contributed by atoms with van der Waals surface area (Å²) in [5, 5.41) is 3.26. The van der Waals surface area contributed by atoms with Crippen LogP contribution in [0.15, 0.2) is 47.4 Å². The van der Waals surface area contributed by atoms with Crippen LogP contribution in [-0.2, 0) is 6.54 Å². The highest BCUT2D eigenvalue weighted by molar-refractivity contribution is 5.78. The second-order valence-electron chi connectivity index (χ2n) is 4.01. The SMILES string of the molecule is O=c1[nH]c2ccc(NCc3ccccn3)cc2[nH]1.[Cl-].[Cl-]. The van der Waals surface area contributed by atoms with Gasteiger partial charge < -0.3 is 40.1 Å². The van der Waals surface area contributed by atoms with E-state index in [1.165, 1.54) is 0 Å². The Morgan fingerprint density at radius 1 is 1.05 bits per heavy atom. The van der Waals surface area contributed by atoms with Gasteiger partial charge in [-0.25, -0.2) is 4.79 Å². The Morgan fingerprint density at radius 2 is 1.85 bits per heavy atom. The van der Waals surface area contributed by atoms with Crippen molar-refractivity contribution in [2.45, 2.75) is 6.54 Å². The van der Waals surface area contributed by atoms with Gasteiger partial charge in [-0.3, -0.25) is 4.98 Å². The molecule has 0 aliphatic heterocycles. The highest BCUT2D eigenvalue weighted by Gasteiger charge is 2.00. The van der Waals surface area contributed by atoms with Crippen LogP contribution in [0.3, 0.4) is 0 Å². The highest BCUT2D eigenvalue weighted by atomic mass is 35.5. The summed E-state index contributed by atoms with van der Waals surface area (Å²) in [5.41, 5.74) is 3.34. The molecule has 7 heteroatoms. The number of nitrogens with one attached hydrogen (secondary N) is 3. The standard InChI is InChI=1S/C13H12N4O.2ClH/c18-13-16-11-5-4-9(7-12(11)17-13)15-8-10-3-1-2-6-14-10;;/h1-7,15H,8H2,(H2,16,17,18);2*1H/p-2. The van der Waals surface area contributed by atoms with E-state index in [0.29, 0.717) is 6.54 Å². The number of nitrogens with zero attached hydrogens (tertiary/aromatic N) is 1. The van der Waals surface area contributed by atoms with Crippen LogP contribution in [0.2, 0.25) is 0 Å². The van der Waals surface area contributed by atoms with Crippen LogP contribution >= 0.6 is 0 Å². The summed E-state index contributed by atoms with van der Waals surface area (Å²) in [7, 11) is 0. The first-order valence-electron chi connectivity index (χ1n) is 5.67. The minimum Gasteiger partial charge on any atom is -1.00 e. The fourth-order valence-corrected chi connectivity index (χ4v) is 1.84. The molecule has 0 saturated heterocycles. The van der Waals surface area contributed by atoms with Gasteiger partial charge in [-0.2, -0.15) is 0 Å². The summed E-state index contributed by atoms with van der Waals surface area (Å²) in [6, 6.07) is 11.5. The summed E-state index contributed by atoms with van der Waals surface area (Å²) < 4.78 is 0. The first kappa shape index (κ1) is 16.1. The van der Waals surface area contributed by atoms with Crippen LogP contribution in [0.5, 0.6) is 0 Å². The molecule has 0 bridgehead atoms. The number of aromatic amines is 2. The molecule has 5 nitrogen and oxygen atoms in total. The zero-order valence-electron chi connectivity index (χ0n) is 10.4. The number of fused-ring (bicyclic) bond motifs is 1. The van der Waals surface area contributed by atoms with Crippen molar-refractivity contribution < 1.29 is 24.8 Å². The first-order valence-corrected chi connectivity index (χ1v) is 5.67. The summed E-state index contributed by atoms with van der Waals surface area (Å²) in [6.45, 7) is 0.654. The van der Waals surface area contributed by atoms with Crippen LogP contribution in [0.1, 0.15) is 5.69 Å². The highest BCUT2D eigenvalue weighted by Crippen LogP contribution is 2.14. The number of rotatable bonds is 3. The van der Waals surface area contributed by atoms with Gasteiger partial charge in [0.15, 0.2) is 0 Å². The molecule has 0 spiro atoms. The average molecular weight is 311 g/mol. The minimum atomic E-state index is -0.188. The molecular formula is C13H12Cl2N4O-2. The third-order valence-corrected chi connectivity index (χ3v) is 2.72. The van der Waals surface area contributed by atoms with Crippen LogP contribution < -0.4 is 35.8 Å². The van der Waals surface area contributed by atoms with Gasteiger partial charge in [0.1, 0.15) is 0 Å². The van der Waals surface area contributed by atoms with Crippen molar-refractivity contribution >= 4 is 16.7 Å². The molecule has 106 valence electrons. The molecule has 0 unspecified atom stereocenters. The van der Waals surface area contributed by atoms with Gasteiger partial charge in [-0.15, -0.1) is 0 Å². The second kappa shape index (κ2) is 6.98. The van der Waals surface area contributed by atoms with E-state index in [2.05, 4.69) is 20.3 Å². The van der Waals surface area contributed by atoms with Gasteiger partial charge in [0.2, 0.25) is 0 Å². The monoisotopic (exact) mass is 310 g/mol. The predicted molar refractivity (Wildman–Crippen MR) is 70.5 cm³/mol. The molecule has 0 atom stereocenters. The number of imidazole rings is 1. The quantitative estimate of drug-likeness (QED) is 0.460. The minimum absolute atomic E-state index is 0. The number of pyridine rings is 1. The van der Waals surface area contributed by atoms with Crippen molar-refractivity contribution in [2.24, 2.45) is 0 Å². The predicted octanol–water partition coefficient (Wildman–Crippen LogP) is -4.13. The normalized spacial score (nSPS) is 9.60. The Labute approximate surface area is 127 Å². The van der Waals surface area contributed by atoms with Crippen molar-refractivity contribution in [3.63, 3.8) is 0 Å². The van der Waals surface area contributed by atoms with E-state index in [9.17, 15) is 4.79 Å². The van der Waals surface area contributed by atoms with Gasteiger partial charge in [0.25, 0.3) is 0 Å². The Bertz CT molecular complexity index is 724. The molecule has 1 aromatic carbocycles. The number of hydrogen-bond acceptors (Lipinski definition) is 3. The van der Waals surface area contributed by atoms with Gasteiger partial charge >= 0.3 is 5.69 Å². The molecule has 0 amide bonds. The zero-order chi connectivity index (χ0) is 12.4. The molecule has 0 radical (unpaired) electrons. The fraction of sp³-hybridized carbons (Fsp3) is 0.0769. The van der Waals surface area contributed by atoms with Crippen LogP contribution in [-0.4, -0.2) is 15.0 Å². The number of benzene rings is 1. The third-order valence-electron chi connectivity index (χ3n) is 2.72. The molecule has 20 heavy (non-hydrogen) atoms. The summed E-state index contributed by atoms with van der Waals surface area (Å²) in [4.78, 5) is 20.8. The average Bonchev–Trinajstić information content (AvgIpc) is 2.77. The van der Waals surface area contributed by atoms with E-state index in [4.69, 9.17) is 0 Å².